The summed E-state index contributed by atoms with van der Waals surface area (Å²) in [6.07, 6.45) is 3.52. The molecule has 3 aromatic carbocycles. The van der Waals surface area contributed by atoms with E-state index in [-0.39, 0.29) is 11.6 Å². The van der Waals surface area contributed by atoms with Gasteiger partial charge < -0.3 is 9.80 Å². The van der Waals surface area contributed by atoms with Crippen molar-refractivity contribution in [2.75, 3.05) is 42.5 Å². The Morgan fingerprint density at radius 3 is 2.27 bits per heavy atom. The van der Waals surface area contributed by atoms with E-state index in [1.807, 2.05) is 6.92 Å². The second-order valence-corrected chi connectivity index (χ2v) is 11.2. The third-order valence-corrected chi connectivity index (χ3v) is 8.87. The fraction of sp³-hybridized carbons (Fsp3) is 0.364. The molecule has 1 spiro atoms. The first kappa shape index (κ1) is 27.0. The first-order valence-electron chi connectivity index (χ1n) is 14.5. The average molecular weight is 552 g/mol. The zero-order valence-corrected chi connectivity index (χ0v) is 23.4. The number of hydrogen-bond acceptors (Lipinski definition) is 5. The maximum absolute atomic E-state index is 15.5. The van der Waals surface area contributed by atoms with Crippen LogP contribution >= 0.6 is 0 Å². The predicted octanol–water partition coefficient (Wildman–Crippen LogP) is 5.79. The summed E-state index contributed by atoms with van der Waals surface area (Å²) in [5.41, 5.74) is 3.25. The number of halogens is 1. The van der Waals surface area contributed by atoms with Crippen molar-refractivity contribution in [1.82, 2.24) is 9.80 Å². The number of urea groups is 1. The van der Waals surface area contributed by atoms with Crippen molar-refractivity contribution in [3.05, 3.63) is 83.7 Å². The van der Waals surface area contributed by atoms with Crippen molar-refractivity contribution < 1.29 is 14.0 Å². The van der Waals surface area contributed by atoms with Crippen LogP contribution in [0.2, 0.25) is 0 Å². The molecule has 0 bridgehead atoms. The first-order chi connectivity index (χ1) is 19.9. The largest absolute Gasteiger partial charge is 0.372 e. The zero-order chi connectivity index (χ0) is 28.6. The zero-order valence-electron chi connectivity index (χ0n) is 23.4. The molecule has 3 heterocycles. The van der Waals surface area contributed by atoms with Gasteiger partial charge in [0.1, 0.15) is 11.4 Å². The summed E-state index contributed by atoms with van der Waals surface area (Å²) in [5, 5.41) is 9.20. The summed E-state index contributed by atoms with van der Waals surface area (Å²) in [7, 11) is 0. The van der Waals surface area contributed by atoms with Gasteiger partial charge in [0.25, 0.3) is 5.91 Å². The number of piperidine rings is 1. The van der Waals surface area contributed by atoms with Gasteiger partial charge in [-0.25, -0.2) is 14.1 Å². The van der Waals surface area contributed by atoms with Gasteiger partial charge in [-0.2, -0.15) is 5.26 Å². The van der Waals surface area contributed by atoms with Gasteiger partial charge in [-0.15, -0.1) is 0 Å². The van der Waals surface area contributed by atoms with E-state index in [1.165, 1.54) is 36.2 Å². The fourth-order valence-corrected chi connectivity index (χ4v) is 6.61. The molecule has 210 valence electrons. The molecule has 41 heavy (non-hydrogen) atoms. The summed E-state index contributed by atoms with van der Waals surface area (Å²) < 4.78 is 15.5. The van der Waals surface area contributed by atoms with Crippen LogP contribution in [-0.4, -0.2) is 60.0 Å². The molecule has 0 unspecified atom stereocenters. The molecule has 7 nitrogen and oxygen atoms in total. The Morgan fingerprint density at radius 1 is 0.902 bits per heavy atom. The maximum atomic E-state index is 15.5. The van der Waals surface area contributed by atoms with Gasteiger partial charge in [-0.1, -0.05) is 30.3 Å². The number of hydrogen-bond donors (Lipinski definition) is 0. The molecule has 3 aliphatic heterocycles. The minimum atomic E-state index is -0.964. The van der Waals surface area contributed by atoms with E-state index in [2.05, 4.69) is 40.1 Å². The van der Waals surface area contributed by atoms with Gasteiger partial charge in [0, 0.05) is 45.0 Å². The second-order valence-electron chi connectivity index (χ2n) is 11.2. The monoisotopic (exact) mass is 551 g/mol. The van der Waals surface area contributed by atoms with Crippen molar-refractivity contribution in [3.63, 3.8) is 0 Å². The summed E-state index contributed by atoms with van der Waals surface area (Å²) in [6.45, 7) is 6.62. The Kier molecular flexibility index (Phi) is 7.22. The Balaban J connectivity index is 1.17. The molecular weight excluding hydrogens is 517 g/mol. The molecule has 3 saturated heterocycles. The van der Waals surface area contributed by atoms with Crippen molar-refractivity contribution in [2.24, 2.45) is 0 Å². The minimum Gasteiger partial charge on any atom is -0.372 e. The van der Waals surface area contributed by atoms with Crippen LogP contribution in [0.25, 0.3) is 11.1 Å². The predicted molar refractivity (Wildman–Crippen MR) is 157 cm³/mol. The summed E-state index contributed by atoms with van der Waals surface area (Å²) in [4.78, 5) is 34.9. The van der Waals surface area contributed by atoms with E-state index < -0.39 is 17.4 Å². The molecule has 0 atom stereocenters. The van der Waals surface area contributed by atoms with Gasteiger partial charge in [0.05, 0.1) is 17.3 Å². The van der Waals surface area contributed by atoms with Crippen LogP contribution in [0, 0.1) is 17.1 Å². The van der Waals surface area contributed by atoms with E-state index in [1.54, 1.807) is 35.2 Å². The van der Waals surface area contributed by atoms with E-state index in [0.29, 0.717) is 49.2 Å². The molecule has 0 aromatic heterocycles. The lowest BCUT2D eigenvalue weighted by Crippen LogP contribution is -2.56. The Bertz CT molecular complexity index is 1500. The topological polar surface area (TPSA) is 70.9 Å². The van der Waals surface area contributed by atoms with Crippen LogP contribution in [0.1, 0.15) is 43.7 Å². The van der Waals surface area contributed by atoms with Crippen molar-refractivity contribution >= 4 is 23.3 Å². The van der Waals surface area contributed by atoms with Crippen LogP contribution < -0.4 is 9.80 Å². The Hall–Kier alpha value is -4.22. The molecule has 8 heteroatoms. The van der Waals surface area contributed by atoms with Gasteiger partial charge in [-0.05, 0) is 85.7 Å². The normalized spacial score (nSPS) is 18.9. The summed E-state index contributed by atoms with van der Waals surface area (Å²) >= 11 is 0. The lowest BCUT2D eigenvalue weighted by Gasteiger charge is -2.41. The number of imide groups is 1. The smallest absolute Gasteiger partial charge is 0.332 e. The molecular formula is C33H34FN5O2. The molecule has 6 rings (SSSR count). The highest BCUT2D eigenvalue weighted by Crippen LogP contribution is 2.41. The summed E-state index contributed by atoms with van der Waals surface area (Å²) in [5.74, 6) is -0.994. The number of likely N-dealkylation sites (tertiary alicyclic amines) is 1. The second kappa shape index (κ2) is 11.0. The number of amides is 3. The lowest BCUT2D eigenvalue weighted by atomic mass is 9.85. The minimum absolute atomic E-state index is 0.0314. The number of rotatable bonds is 6. The molecule has 0 saturated carbocycles. The molecule has 3 amide bonds. The van der Waals surface area contributed by atoms with E-state index in [4.69, 9.17) is 0 Å². The Labute approximate surface area is 240 Å². The summed E-state index contributed by atoms with van der Waals surface area (Å²) in [6, 6.07) is 21.8. The third kappa shape index (κ3) is 4.85. The molecule has 0 radical (unpaired) electrons. The average Bonchev–Trinajstić information content (AvgIpc) is 3.61. The van der Waals surface area contributed by atoms with Crippen LogP contribution in [0.15, 0.2) is 66.7 Å². The fourth-order valence-electron chi connectivity index (χ4n) is 6.61. The molecule has 3 aliphatic rings. The van der Waals surface area contributed by atoms with Crippen LogP contribution in [0.5, 0.6) is 0 Å². The number of nitrogens with zero attached hydrogens (tertiary/aromatic N) is 5. The highest BCUT2D eigenvalue weighted by atomic mass is 19.1. The standard InChI is InChI=1S/C33H34FN5O2/c1-2-38-32(41)39(30-13-10-27(21-29(30)34)26-7-5-6-25(20-26)22-35)31(40)33(38)14-18-36(19-15-33)23-24-8-11-28(12-9-24)37-16-3-4-17-37/h5-13,20-21H,2-4,14-19,23H2,1H3. The van der Waals surface area contributed by atoms with Crippen molar-refractivity contribution in [2.45, 2.75) is 44.7 Å². The van der Waals surface area contributed by atoms with Crippen molar-refractivity contribution in [1.29, 1.82) is 5.26 Å². The van der Waals surface area contributed by atoms with Crippen LogP contribution in [0.4, 0.5) is 20.6 Å². The Morgan fingerprint density at radius 2 is 1.61 bits per heavy atom. The van der Waals surface area contributed by atoms with E-state index >= 15 is 4.39 Å². The molecule has 3 fully saturated rings. The van der Waals surface area contributed by atoms with Gasteiger partial charge >= 0.3 is 6.03 Å². The van der Waals surface area contributed by atoms with Crippen LogP contribution in [0.3, 0.4) is 0 Å². The lowest BCUT2D eigenvalue weighted by molar-refractivity contribution is -0.127. The van der Waals surface area contributed by atoms with Crippen LogP contribution in [-0.2, 0) is 11.3 Å². The van der Waals surface area contributed by atoms with Gasteiger partial charge in [-0.3, -0.25) is 9.69 Å². The van der Waals surface area contributed by atoms with Gasteiger partial charge in [0.15, 0.2) is 0 Å². The van der Waals surface area contributed by atoms with E-state index in [9.17, 15) is 14.9 Å². The maximum Gasteiger partial charge on any atom is 0.332 e. The quantitative estimate of drug-likeness (QED) is 0.363. The third-order valence-electron chi connectivity index (χ3n) is 8.87. The number of benzene rings is 3. The number of carbonyl (C=O) groups is 2. The first-order valence-corrected chi connectivity index (χ1v) is 14.5. The highest BCUT2D eigenvalue weighted by Gasteiger charge is 2.58. The number of nitriles is 1. The number of likely N-dealkylation sites (N-methyl/N-ethyl adjacent to an activating group) is 1. The number of anilines is 2. The number of carbonyl (C=O) groups excluding carboxylic acids is 2. The van der Waals surface area contributed by atoms with E-state index in [0.717, 1.165) is 24.5 Å². The highest BCUT2D eigenvalue weighted by molar-refractivity contribution is 6.23. The van der Waals surface area contributed by atoms with Gasteiger partial charge in [0.2, 0.25) is 0 Å². The molecule has 3 aromatic rings. The van der Waals surface area contributed by atoms with Crippen molar-refractivity contribution in [3.8, 4) is 17.2 Å². The SMILES string of the molecule is CCN1C(=O)N(c2ccc(-c3cccc(C#N)c3)cc2F)C(=O)C12CCN(Cc1ccc(N3CCCC3)cc1)CC2. The molecule has 0 N–H and O–H groups in total. The molecule has 0 aliphatic carbocycles.